The standard InChI is InChI=1S/C9H22NO5P/c1-6-13-9(8-10(3,4)5)15-16(11,12)14-7-2/h9H,6-8H2,1-5H3. The van der Waals surface area contributed by atoms with E-state index in [2.05, 4.69) is 4.52 Å². The quantitative estimate of drug-likeness (QED) is 0.360. The van der Waals surface area contributed by atoms with Gasteiger partial charge >= 0.3 is 0 Å². The second-order valence-electron chi connectivity index (χ2n) is 4.33. The summed E-state index contributed by atoms with van der Waals surface area (Å²) in [6.07, 6.45) is -0.806. The van der Waals surface area contributed by atoms with Crippen LogP contribution in [-0.4, -0.2) is 51.7 Å². The van der Waals surface area contributed by atoms with E-state index in [0.717, 1.165) is 0 Å². The maximum atomic E-state index is 11.3. The summed E-state index contributed by atoms with van der Waals surface area (Å²) >= 11 is 0. The molecule has 6 nitrogen and oxygen atoms in total. The lowest BCUT2D eigenvalue weighted by atomic mass is 10.5. The third kappa shape index (κ3) is 8.21. The van der Waals surface area contributed by atoms with Gasteiger partial charge in [0.2, 0.25) is 6.29 Å². The number of rotatable bonds is 8. The lowest BCUT2D eigenvalue weighted by molar-refractivity contribution is -0.876. The van der Waals surface area contributed by atoms with Crippen molar-refractivity contribution in [3.05, 3.63) is 0 Å². The predicted octanol–water partition coefficient (Wildman–Crippen LogP) is 0.577. The van der Waals surface area contributed by atoms with Crippen LogP contribution in [-0.2, 0) is 18.3 Å². The number of phosphoric ester groups is 1. The Morgan fingerprint density at radius 3 is 2.19 bits per heavy atom. The third-order valence-electron chi connectivity index (χ3n) is 1.58. The molecule has 0 aliphatic rings. The van der Waals surface area contributed by atoms with Crippen LogP contribution in [0.2, 0.25) is 0 Å². The van der Waals surface area contributed by atoms with Crippen molar-refractivity contribution in [1.82, 2.24) is 0 Å². The molecule has 2 atom stereocenters. The Bertz CT molecular complexity index is 241. The smallest absolute Gasteiger partial charge is 0.270 e. The number of likely N-dealkylation sites (N-methyl/N-ethyl adjacent to an activating group) is 1. The van der Waals surface area contributed by atoms with Gasteiger partial charge in [0, 0.05) is 6.61 Å². The van der Waals surface area contributed by atoms with Crippen molar-refractivity contribution >= 4 is 7.82 Å². The molecule has 0 aromatic rings. The maximum absolute atomic E-state index is 11.3. The van der Waals surface area contributed by atoms with Crippen LogP contribution in [0.5, 0.6) is 0 Å². The minimum Gasteiger partial charge on any atom is -0.756 e. The van der Waals surface area contributed by atoms with Gasteiger partial charge in [-0.15, -0.1) is 0 Å². The molecule has 0 spiro atoms. The van der Waals surface area contributed by atoms with E-state index < -0.39 is 14.1 Å². The highest BCUT2D eigenvalue weighted by atomic mass is 31.2. The molecule has 0 N–H and O–H groups in total. The molecule has 0 radical (unpaired) electrons. The summed E-state index contributed by atoms with van der Waals surface area (Å²) < 4.78 is 26.4. The first-order valence-electron chi connectivity index (χ1n) is 5.26. The molecule has 0 heterocycles. The first-order valence-corrected chi connectivity index (χ1v) is 6.72. The average Bonchev–Trinajstić information content (AvgIpc) is 1.99. The second-order valence-corrected chi connectivity index (χ2v) is 5.69. The average molecular weight is 255 g/mol. The van der Waals surface area contributed by atoms with Gasteiger partial charge in [0.05, 0.1) is 27.7 Å². The summed E-state index contributed by atoms with van der Waals surface area (Å²) in [5.41, 5.74) is 0. The maximum Gasteiger partial charge on any atom is 0.270 e. The van der Waals surface area contributed by atoms with Gasteiger partial charge in [-0.05, 0) is 13.8 Å². The van der Waals surface area contributed by atoms with Gasteiger partial charge in [0.1, 0.15) is 6.54 Å². The zero-order valence-corrected chi connectivity index (χ0v) is 11.5. The van der Waals surface area contributed by atoms with E-state index in [4.69, 9.17) is 9.26 Å². The predicted molar refractivity (Wildman–Crippen MR) is 58.6 cm³/mol. The number of hydrogen-bond acceptors (Lipinski definition) is 5. The Balaban J connectivity index is 4.38. The third-order valence-corrected chi connectivity index (χ3v) is 2.65. The van der Waals surface area contributed by atoms with Crippen molar-refractivity contribution in [1.29, 1.82) is 0 Å². The molecular formula is C9H22NO5P. The molecule has 0 saturated carbocycles. The molecule has 0 aromatic heterocycles. The normalized spacial score (nSPS) is 18.1. The summed E-state index contributed by atoms with van der Waals surface area (Å²) in [5, 5.41) is 0. The number of hydrogen-bond donors (Lipinski definition) is 0. The summed E-state index contributed by atoms with van der Waals surface area (Å²) in [6.45, 7) is 4.24. The molecule has 0 saturated heterocycles. The monoisotopic (exact) mass is 255 g/mol. The van der Waals surface area contributed by atoms with Crippen LogP contribution in [0.4, 0.5) is 0 Å². The highest BCUT2D eigenvalue weighted by Crippen LogP contribution is 2.39. The molecular weight excluding hydrogens is 233 g/mol. The van der Waals surface area contributed by atoms with Gasteiger partial charge in [-0.3, -0.25) is 9.09 Å². The van der Waals surface area contributed by atoms with Gasteiger partial charge in [-0.25, -0.2) is 0 Å². The number of phosphoric acid groups is 1. The van der Waals surface area contributed by atoms with Crippen LogP contribution in [0, 0.1) is 0 Å². The lowest BCUT2D eigenvalue weighted by Crippen LogP contribution is -2.43. The van der Waals surface area contributed by atoms with Crippen molar-refractivity contribution in [3.63, 3.8) is 0 Å². The zero-order valence-electron chi connectivity index (χ0n) is 10.6. The second kappa shape index (κ2) is 6.69. The fraction of sp³-hybridized carbons (Fsp3) is 1.00. The Morgan fingerprint density at radius 2 is 1.81 bits per heavy atom. The first kappa shape index (κ1) is 16.0. The van der Waals surface area contributed by atoms with Crippen LogP contribution in [0.25, 0.3) is 0 Å². The van der Waals surface area contributed by atoms with E-state index in [1.54, 1.807) is 13.8 Å². The highest BCUT2D eigenvalue weighted by Gasteiger charge is 2.24. The van der Waals surface area contributed by atoms with Crippen molar-refractivity contribution in [3.8, 4) is 0 Å². The van der Waals surface area contributed by atoms with Crippen LogP contribution in [0.3, 0.4) is 0 Å². The van der Waals surface area contributed by atoms with Gasteiger partial charge in [0.25, 0.3) is 7.82 Å². The fourth-order valence-corrected chi connectivity index (χ4v) is 1.87. The van der Waals surface area contributed by atoms with Crippen molar-refractivity contribution in [2.45, 2.75) is 20.1 Å². The summed E-state index contributed by atoms with van der Waals surface area (Å²) in [5.74, 6) is 0. The molecule has 7 heteroatoms. The molecule has 0 rings (SSSR count). The van der Waals surface area contributed by atoms with Crippen LogP contribution in [0.1, 0.15) is 13.8 Å². The summed E-state index contributed by atoms with van der Waals surface area (Å²) in [7, 11) is 1.52. The van der Waals surface area contributed by atoms with Crippen LogP contribution in [0.15, 0.2) is 0 Å². The summed E-state index contributed by atoms with van der Waals surface area (Å²) in [6, 6.07) is 0. The molecule has 98 valence electrons. The molecule has 0 aliphatic carbocycles. The van der Waals surface area contributed by atoms with E-state index in [9.17, 15) is 9.46 Å². The largest absolute Gasteiger partial charge is 0.756 e. The Hall–Kier alpha value is 0.0300. The van der Waals surface area contributed by atoms with E-state index in [-0.39, 0.29) is 6.61 Å². The molecule has 0 fully saturated rings. The van der Waals surface area contributed by atoms with Gasteiger partial charge in [-0.2, -0.15) is 0 Å². The minimum absolute atomic E-state index is 0.0595. The van der Waals surface area contributed by atoms with Crippen molar-refractivity contribution in [2.75, 3.05) is 40.9 Å². The molecule has 2 unspecified atom stereocenters. The van der Waals surface area contributed by atoms with E-state index in [0.29, 0.717) is 17.6 Å². The zero-order chi connectivity index (χ0) is 12.8. The fourth-order valence-electron chi connectivity index (χ4n) is 1.08. The van der Waals surface area contributed by atoms with Gasteiger partial charge in [0.15, 0.2) is 0 Å². The van der Waals surface area contributed by atoms with E-state index >= 15 is 0 Å². The molecule has 0 bridgehead atoms. The lowest BCUT2D eigenvalue weighted by Gasteiger charge is -2.32. The SMILES string of the molecule is CCOC(C[N+](C)(C)C)OP(=O)([O-])OCC. The molecule has 0 aromatic carbocycles. The van der Waals surface area contributed by atoms with Crippen molar-refractivity contribution in [2.24, 2.45) is 0 Å². The van der Waals surface area contributed by atoms with Gasteiger partial charge in [-0.1, -0.05) is 0 Å². The topological polar surface area (TPSA) is 67.8 Å². The minimum atomic E-state index is -4.25. The Kier molecular flexibility index (Phi) is 6.70. The number of quaternary nitrogens is 1. The van der Waals surface area contributed by atoms with E-state index in [1.807, 2.05) is 21.1 Å². The first-order chi connectivity index (χ1) is 7.20. The number of ether oxygens (including phenoxy) is 1. The number of nitrogens with zero attached hydrogens (tertiary/aromatic N) is 1. The molecule has 0 amide bonds. The Labute approximate surface area is 97.3 Å². The van der Waals surface area contributed by atoms with Crippen LogP contribution >= 0.6 is 7.82 Å². The van der Waals surface area contributed by atoms with Gasteiger partial charge < -0.3 is 18.6 Å². The van der Waals surface area contributed by atoms with Crippen molar-refractivity contribution < 1.29 is 27.7 Å². The van der Waals surface area contributed by atoms with Crippen LogP contribution < -0.4 is 4.89 Å². The highest BCUT2D eigenvalue weighted by molar-refractivity contribution is 7.45. The van der Waals surface area contributed by atoms with E-state index in [1.165, 1.54) is 0 Å². The summed E-state index contributed by atoms with van der Waals surface area (Å²) in [4.78, 5) is 11.3. The molecule has 16 heavy (non-hydrogen) atoms. The molecule has 0 aliphatic heterocycles. The Morgan fingerprint density at radius 1 is 1.25 bits per heavy atom.